The van der Waals surface area contributed by atoms with Gasteiger partial charge in [0.15, 0.2) is 0 Å². The van der Waals surface area contributed by atoms with E-state index in [0.29, 0.717) is 19.8 Å². The molecule has 1 saturated carbocycles. The molecule has 0 amide bonds. The lowest BCUT2D eigenvalue weighted by molar-refractivity contribution is 0.0442. The molecular formula is C12H20N2O2S. The van der Waals surface area contributed by atoms with Gasteiger partial charge in [-0.15, -0.1) is 11.3 Å². The first-order valence-corrected chi connectivity index (χ1v) is 7.08. The predicted molar refractivity (Wildman–Crippen MR) is 68.1 cm³/mol. The SMILES string of the molecule is CCOCCOCc1csc(CNC2CC2)n1. The number of aromatic nitrogens is 1. The smallest absolute Gasteiger partial charge is 0.107 e. The first-order valence-electron chi connectivity index (χ1n) is 6.20. The number of thiazole rings is 1. The molecule has 1 aromatic heterocycles. The van der Waals surface area contributed by atoms with Gasteiger partial charge in [-0.25, -0.2) is 4.98 Å². The molecule has 17 heavy (non-hydrogen) atoms. The van der Waals surface area contributed by atoms with Crippen LogP contribution in [0.2, 0.25) is 0 Å². The molecule has 0 atom stereocenters. The fourth-order valence-electron chi connectivity index (χ4n) is 1.45. The molecule has 0 radical (unpaired) electrons. The van der Waals surface area contributed by atoms with Crippen LogP contribution in [0.25, 0.3) is 0 Å². The van der Waals surface area contributed by atoms with E-state index in [2.05, 4.69) is 15.7 Å². The summed E-state index contributed by atoms with van der Waals surface area (Å²) in [6, 6.07) is 0.741. The van der Waals surface area contributed by atoms with E-state index in [0.717, 1.165) is 29.9 Å². The van der Waals surface area contributed by atoms with Crippen molar-refractivity contribution in [3.8, 4) is 0 Å². The normalized spacial score (nSPS) is 15.4. The maximum Gasteiger partial charge on any atom is 0.107 e. The van der Waals surface area contributed by atoms with Crippen molar-refractivity contribution in [2.45, 2.75) is 39.0 Å². The second-order valence-corrected chi connectivity index (χ2v) is 5.08. The lowest BCUT2D eigenvalue weighted by Crippen LogP contribution is -2.15. The Balaban J connectivity index is 1.59. The first-order chi connectivity index (χ1) is 8.38. The molecule has 1 aromatic rings. The van der Waals surface area contributed by atoms with Crippen LogP contribution < -0.4 is 5.32 Å². The van der Waals surface area contributed by atoms with Crippen molar-refractivity contribution < 1.29 is 9.47 Å². The van der Waals surface area contributed by atoms with Crippen LogP contribution >= 0.6 is 11.3 Å². The van der Waals surface area contributed by atoms with E-state index in [1.807, 2.05) is 6.92 Å². The third-order valence-corrected chi connectivity index (χ3v) is 3.44. The van der Waals surface area contributed by atoms with Gasteiger partial charge in [0, 0.05) is 24.6 Å². The topological polar surface area (TPSA) is 43.4 Å². The maximum absolute atomic E-state index is 5.47. The summed E-state index contributed by atoms with van der Waals surface area (Å²) in [7, 11) is 0. The van der Waals surface area contributed by atoms with Crippen molar-refractivity contribution in [3.63, 3.8) is 0 Å². The Hall–Kier alpha value is -0.490. The summed E-state index contributed by atoms with van der Waals surface area (Å²) in [6.07, 6.45) is 2.64. The van der Waals surface area contributed by atoms with Gasteiger partial charge in [-0.05, 0) is 19.8 Å². The van der Waals surface area contributed by atoms with E-state index >= 15 is 0 Å². The quantitative estimate of drug-likeness (QED) is 0.686. The number of rotatable bonds is 9. The highest BCUT2D eigenvalue weighted by Crippen LogP contribution is 2.20. The monoisotopic (exact) mass is 256 g/mol. The summed E-state index contributed by atoms with van der Waals surface area (Å²) in [5, 5.41) is 6.68. The van der Waals surface area contributed by atoms with Crippen LogP contribution in [0.3, 0.4) is 0 Å². The summed E-state index contributed by atoms with van der Waals surface area (Å²) in [5.41, 5.74) is 1.03. The second kappa shape index (κ2) is 7.06. The fraction of sp³-hybridized carbons (Fsp3) is 0.750. The third kappa shape index (κ3) is 5.12. The van der Waals surface area contributed by atoms with Crippen molar-refractivity contribution in [3.05, 3.63) is 16.1 Å². The molecule has 0 saturated heterocycles. The zero-order chi connectivity index (χ0) is 11.9. The Morgan fingerprint density at radius 1 is 1.41 bits per heavy atom. The number of hydrogen-bond acceptors (Lipinski definition) is 5. The third-order valence-electron chi connectivity index (χ3n) is 2.54. The molecule has 96 valence electrons. The van der Waals surface area contributed by atoms with Gasteiger partial charge in [0.1, 0.15) is 5.01 Å². The van der Waals surface area contributed by atoms with E-state index in [-0.39, 0.29) is 0 Å². The highest BCUT2D eigenvalue weighted by atomic mass is 32.1. The zero-order valence-electron chi connectivity index (χ0n) is 10.3. The fourth-order valence-corrected chi connectivity index (χ4v) is 2.18. The summed E-state index contributed by atoms with van der Waals surface area (Å²) in [4.78, 5) is 4.52. The Kier molecular flexibility index (Phi) is 5.38. The lowest BCUT2D eigenvalue weighted by atomic mass is 10.5. The van der Waals surface area contributed by atoms with Crippen LogP contribution in [-0.4, -0.2) is 30.8 Å². The number of hydrogen-bond donors (Lipinski definition) is 1. The van der Waals surface area contributed by atoms with Gasteiger partial charge in [0.05, 0.1) is 25.5 Å². The van der Waals surface area contributed by atoms with Crippen molar-refractivity contribution in [1.82, 2.24) is 10.3 Å². The molecule has 1 fully saturated rings. The van der Waals surface area contributed by atoms with Crippen LogP contribution in [0, 0.1) is 0 Å². The minimum absolute atomic E-state index is 0.590. The summed E-state index contributed by atoms with van der Waals surface area (Å²) in [5.74, 6) is 0. The van der Waals surface area contributed by atoms with Crippen molar-refractivity contribution in [2.75, 3.05) is 19.8 Å². The van der Waals surface area contributed by atoms with Gasteiger partial charge < -0.3 is 14.8 Å². The average Bonchev–Trinajstić information content (AvgIpc) is 3.06. The van der Waals surface area contributed by atoms with Crippen molar-refractivity contribution in [1.29, 1.82) is 0 Å². The van der Waals surface area contributed by atoms with E-state index in [1.165, 1.54) is 12.8 Å². The number of ether oxygens (including phenoxy) is 2. The minimum atomic E-state index is 0.590. The second-order valence-electron chi connectivity index (χ2n) is 4.14. The molecule has 1 aliphatic carbocycles. The molecule has 0 aliphatic heterocycles. The van der Waals surface area contributed by atoms with Gasteiger partial charge in [-0.1, -0.05) is 0 Å². The van der Waals surface area contributed by atoms with Crippen molar-refractivity contribution in [2.24, 2.45) is 0 Å². The molecule has 0 aromatic carbocycles. The lowest BCUT2D eigenvalue weighted by Gasteiger charge is -2.02. The Morgan fingerprint density at radius 2 is 2.24 bits per heavy atom. The summed E-state index contributed by atoms with van der Waals surface area (Å²) in [6.45, 7) is 5.52. The van der Waals surface area contributed by atoms with E-state index in [9.17, 15) is 0 Å². The molecule has 0 unspecified atom stereocenters. The van der Waals surface area contributed by atoms with Crippen LogP contribution in [0.5, 0.6) is 0 Å². The zero-order valence-corrected chi connectivity index (χ0v) is 11.1. The van der Waals surface area contributed by atoms with Gasteiger partial charge in [0.25, 0.3) is 0 Å². The predicted octanol–water partition coefficient (Wildman–Crippen LogP) is 1.95. The van der Waals surface area contributed by atoms with Gasteiger partial charge in [-0.2, -0.15) is 0 Å². The summed E-state index contributed by atoms with van der Waals surface area (Å²) >= 11 is 1.70. The molecule has 0 bridgehead atoms. The standard InChI is InChI=1S/C12H20N2O2S/c1-2-15-5-6-16-8-11-9-17-12(14-11)7-13-10-3-4-10/h9-10,13H,2-8H2,1H3. The summed E-state index contributed by atoms with van der Waals surface area (Å²) < 4.78 is 10.7. The molecular weight excluding hydrogens is 236 g/mol. The molecule has 1 N–H and O–H groups in total. The van der Waals surface area contributed by atoms with E-state index < -0.39 is 0 Å². The van der Waals surface area contributed by atoms with Gasteiger partial charge in [0.2, 0.25) is 0 Å². The van der Waals surface area contributed by atoms with E-state index in [4.69, 9.17) is 9.47 Å². The van der Waals surface area contributed by atoms with E-state index in [1.54, 1.807) is 11.3 Å². The maximum atomic E-state index is 5.47. The molecule has 1 aliphatic rings. The van der Waals surface area contributed by atoms with Crippen LogP contribution in [0.4, 0.5) is 0 Å². The largest absolute Gasteiger partial charge is 0.379 e. The number of nitrogens with one attached hydrogen (secondary N) is 1. The Labute approximate surface area is 106 Å². The molecule has 2 rings (SSSR count). The number of nitrogens with zero attached hydrogens (tertiary/aromatic N) is 1. The average molecular weight is 256 g/mol. The molecule has 4 nitrogen and oxygen atoms in total. The van der Waals surface area contributed by atoms with Gasteiger partial charge in [-0.3, -0.25) is 0 Å². The van der Waals surface area contributed by atoms with Crippen LogP contribution in [0.1, 0.15) is 30.5 Å². The molecule has 1 heterocycles. The highest BCUT2D eigenvalue weighted by molar-refractivity contribution is 7.09. The Bertz CT molecular complexity index is 326. The minimum Gasteiger partial charge on any atom is -0.379 e. The van der Waals surface area contributed by atoms with Crippen LogP contribution in [-0.2, 0) is 22.6 Å². The first kappa shape index (κ1) is 13.0. The van der Waals surface area contributed by atoms with Crippen LogP contribution in [0.15, 0.2) is 5.38 Å². The van der Waals surface area contributed by atoms with Gasteiger partial charge >= 0.3 is 0 Å². The highest BCUT2D eigenvalue weighted by Gasteiger charge is 2.20. The Morgan fingerprint density at radius 3 is 3.00 bits per heavy atom. The van der Waals surface area contributed by atoms with Crippen molar-refractivity contribution >= 4 is 11.3 Å². The molecule has 5 heteroatoms. The molecule has 0 spiro atoms.